The highest BCUT2D eigenvalue weighted by molar-refractivity contribution is 6.37. The van der Waals surface area contributed by atoms with Crippen LogP contribution in [0.1, 0.15) is 5.56 Å². The molecular formula is C14H9ClO2. The first-order valence-corrected chi connectivity index (χ1v) is 5.68. The standard InChI is InChI=1S/C14H9ClO2/c15-13-8-17-14-10-4-2-1-3-9(10)5-6-11(14)12(13)7-16/h1-7H,8H2. The molecule has 2 aromatic carbocycles. The van der Waals surface area contributed by atoms with Gasteiger partial charge in [-0.15, -0.1) is 0 Å². The molecule has 0 radical (unpaired) electrons. The lowest BCUT2D eigenvalue weighted by Crippen LogP contribution is -2.09. The van der Waals surface area contributed by atoms with Crippen molar-refractivity contribution in [3.8, 4) is 5.75 Å². The van der Waals surface area contributed by atoms with Crippen LogP contribution >= 0.6 is 11.6 Å². The number of carbonyl (C=O) groups is 1. The molecule has 0 atom stereocenters. The highest BCUT2D eigenvalue weighted by Crippen LogP contribution is 2.38. The van der Waals surface area contributed by atoms with Crippen molar-refractivity contribution in [2.75, 3.05) is 6.61 Å². The zero-order chi connectivity index (χ0) is 11.8. The van der Waals surface area contributed by atoms with E-state index < -0.39 is 0 Å². The molecule has 17 heavy (non-hydrogen) atoms. The minimum atomic E-state index is 0.261. The van der Waals surface area contributed by atoms with Gasteiger partial charge in [0.05, 0.1) is 5.03 Å². The third-order valence-corrected chi connectivity index (χ3v) is 3.24. The predicted octanol–water partition coefficient (Wildman–Crippen LogP) is 3.38. The van der Waals surface area contributed by atoms with Gasteiger partial charge in [0.1, 0.15) is 12.4 Å². The van der Waals surface area contributed by atoms with Crippen molar-refractivity contribution in [2.24, 2.45) is 0 Å². The van der Waals surface area contributed by atoms with Gasteiger partial charge in [-0.3, -0.25) is 4.79 Å². The third kappa shape index (κ3) is 1.53. The molecule has 2 aromatic rings. The average molecular weight is 245 g/mol. The molecule has 0 amide bonds. The molecule has 0 bridgehead atoms. The molecular weight excluding hydrogens is 236 g/mol. The molecule has 0 fully saturated rings. The van der Waals surface area contributed by atoms with Crippen molar-refractivity contribution >= 4 is 34.2 Å². The first-order valence-electron chi connectivity index (χ1n) is 5.30. The summed E-state index contributed by atoms with van der Waals surface area (Å²) in [6, 6.07) is 11.8. The fourth-order valence-corrected chi connectivity index (χ4v) is 2.30. The van der Waals surface area contributed by atoms with Crippen molar-refractivity contribution in [3.05, 3.63) is 47.0 Å². The van der Waals surface area contributed by atoms with E-state index >= 15 is 0 Å². The Kier molecular flexibility index (Phi) is 2.37. The van der Waals surface area contributed by atoms with Gasteiger partial charge < -0.3 is 4.74 Å². The molecule has 0 unspecified atom stereocenters. The van der Waals surface area contributed by atoms with Crippen LogP contribution in [0.4, 0.5) is 0 Å². The summed E-state index contributed by atoms with van der Waals surface area (Å²) in [7, 11) is 0. The lowest BCUT2D eigenvalue weighted by molar-refractivity contribution is -0.103. The van der Waals surface area contributed by atoms with Crippen molar-refractivity contribution in [1.29, 1.82) is 0 Å². The first kappa shape index (κ1) is 10.4. The normalized spacial score (nSPS) is 14.4. The lowest BCUT2D eigenvalue weighted by atomic mass is 9.98. The van der Waals surface area contributed by atoms with Crippen molar-refractivity contribution in [1.82, 2.24) is 0 Å². The topological polar surface area (TPSA) is 26.3 Å². The summed E-state index contributed by atoms with van der Waals surface area (Å²) in [5, 5.41) is 2.56. The van der Waals surface area contributed by atoms with Gasteiger partial charge in [-0.2, -0.15) is 0 Å². The van der Waals surface area contributed by atoms with E-state index in [0.717, 1.165) is 28.4 Å². The zero-order valence-corrected chi connectivity index (χ0v) is 9.70. The maximum absolute atomic E-state index is 11.1. The fourth-order valence-electron chi connectivity index (χ4n) is 2.10. The Morgan fingerprint density at radius 2 is 2.00 bits per heavy atom. The second kappa shape index (κ2) is 3.90. The fraction of sp³-hybridized carbons (Fsp3) is 0.0714. The van der Waals surface area contributed by atoms with Crippen LogP contribution in [0.5, 0.6) is 5.75 Å². The number of hydrogen-bond acceptors (Lipinski definition) is 2. The average Bonchev–Trinajstić information content (AvgIpc) is 2.38. The van der Waals surface area contributed by atoms with E-state index in [2.05, 4.69) is 0 Å². The van der Waals surface area contributed by atoms with E-state index in [1.54, 1.807) is 0 Å². The van der Waals surface area contributed by atoms with Crippen LogP contribution < -0.4 is 4.74 Å². The van der Waals surface area contributed by atoms with Gasteiger partial charge in [-0.25, -0.2) is 0 Å². The summed E-state index contributed by atoms with van der Waals surface area (Å²) >= 11 is 5.99. The smallest absolute Gasteiger partial charge is 0.152 e. The zero-order valence-electron chi connectivity index (χ0n) is 8.94. The quantitative estimate of drug-likeness (QED) is 0.719. The van der Waals surface area contributed by atoms with Gasteiger partial charge in [0.15, 0.2) is 6.29 Å². The van der Waals surface area contributed by atoms with E-state index in [1.165, 1.54) is 0 Å². The summed E-state index contributed by atoms with van der Waals surface area (Å²) in [6.07, 6.45) is 0.790. The van der Waals surface area contributed by atoms with Gasteiger partial charge in [-0.05, 0) is 11.5 Å². The molecule has 0 aromatic heterocycles. The van der Waals surface area contributed by atoms with Crippen molar-refractivity contribution in [3.63, 3.8) is 0 Å². The minimum absolute atomic E-state index is 0.261. The molecule has 1 aliphatic heterocycles. The SMILES string of the molecule is O=CC1=C(Cl)COc2c1ccc1ccccc21. The van der Waals surface area contributed by atoms with Gasteiger partial charge in [0, 0.05) is 16.5 Å². The second-order valence-corrected chi connectivity index (χ2v) is 4.34. The Morgan fingerprint density at radius 3 is 2.82 bits per heavy atom. The number of allylic oxidation sites excluding steroid dienone is 1. The van der Waals surface area contributed by atoms with Gasteiger partial charge in [0.25, 0.3) is 0 Å². The van der Waals surface area contributed by atoms with Crippen LogP contribution in [0.15, 0.2) is 41.4 Å². The molecule has 0 spiro atoms. The number of carbonyl (C=O) groups excluding carboxylic acids is 1. The van der Waals surface area contributed by atoms with Crippen LogP contribution in [0.25, 0.3) is 16.3 Å². The predicted molar refractivity (Wildman–Crippen MR) is 68.3 cm³/mol. The largest absolute Gasteiger partial charge is 0.487 e. The number of hydrogen-bond donors (Lipinski definition) is 0. The summed E-state index contributed by atoms with van der Waals surface area (Å²) in [6.45, 7) is 0.261. The number of halogens is 1. The molecule has 2 nitrogen and oxygen atoms in total. The van der Waals surface area contributed by atoms with E-state index in [9.17, 15) is 4.79 Å². The minimum Gasteiger partial charge on any atom is -0.487 e. The number of rotatable bonds is 1. The molecule has 84 valence electrons. The van der Waals surface area contributed by atoms with Crippen LogP contribution in [-0.2, 0) is 4.79 Å². The molecule has 0 aliphatic carbocycles. The number of fused-ring (bicyclic) bond motifs is 3. The Bertz CT molecular complexity index is 644. The monoisotopic (exact) mass is 244 g/mol. The maximum atomic E-state index is 11.1. The van der Waals surface area contributed by atoms with Crippen LogP contribution in [-0.4, -0.2) is 12.9 Å². The van der Waals surface area contributed by atoms with Crippen molar-refractivity contribution in [2.45, 2.75) is 0 Å². The van der Waals surface area contributed by atoms with Crippen LogP contribution in [0, 0.1) is 0 Å². The Hall–Kier alpha value is -1.80. The molecule has 3 rings (SSSR count). The Balaban J connectivity index is 2.37. The van der Waals surface area contributed by atoms with Gasteiger partial charge in [-0.1, -0.05) is 41.9 Å². The Labute approximate surface area is 103 Å². The summed E-state index contributed by atoms with van der Waals surface area (Å²) < 4.78 is 5.63. The maximum Gasteiger partial charge on any atom is 0.152 e. The molecule has 1 heterocycles. The van der Waals surface area contributed by atoms with E-state index in [4.69, 9.17) is 16.3 Å². The molecule has 3 heteroatoms. The molecule has 1 aliphatic rings. The molecule has 0 saturated heterocycles. The van der Waals surface area contributed by atoms with E-state index in [-0.39, 0.29) is 6.61 Å². The van der Waals surface area contributed by atoms with E-state index in [1.807, 2.05) is 36.4 Å². The number of ether oxygens (including phenoxy) is 1. The molecule has 0 saturated carbocycles. The summed E-state index contributed by atoms with van der Waals surface area (Å²) in [4.78, 5) is 11.1. The van der Waals surface area contributed by atoms with Gasteiger partial charge in [0.2, 0.25) is 0 Å². The Morgan fingerprint density at radius 1 is 1.18 bits per heavy atom. The lowest BCUT2D eigenvalue weighted by Gasteiger charge is -2.19. The summed E-state index contributed by atoms with van der Waals surface area (Å²) in [5.41, 5.74) is 1.30. The highest BCUT2D eigenvalue weighted by Gasteiger charge is 2.20. The summed E-state index contributed by atoms with van der Waals surface area (Å²) in [5.74, 6) is 0.745. The highest BCUT2D eigenvalue weighted by atomic mass is 35.5. The van der Waals surface area contributed by atoms with E-state index in [0.29, 0.717) is 10.6 Å². The van der Waals surface area contributed by atoms with Crippen LogP contribution in [0.3, 0.4) is 0 Å². The number of aldehydes is 1. The first-order chi connectivity index (χ1) is 8.31. The third-order valence-electron chi connectivity index (χ3n) is 2.92. The van der Waals surface area contributed by atoms with Crippen molar-refractivity contribution < 1.29 is 9.53 Å². The van der Waals surface area contributed by atoms with Gasteiger partial charge >= 0.3 is 0 Å². The van der Waals surface area contributed by atoms with Crippen LogP contribution in [0.2, 0.25) is 0 Å². The molecule has 0 N–H and O–H groups in total. The second-order valence-electron chi connectivity index (χ2n) is 3.89. The number of benzene rings is 2.